The zero-order chi connectivity index (χ0) is 15.2. The van der Waals surface area contributed by atoms with E-state index < -0.39 is 17.5 Å². The second kappa shape index (κ2) is 7.21. The highest BCUT2D eigenvalue weighted by atomic mass is 32.2. The molecule has 0 amide bonds. The van der Waals surface area contributed by atoms with Crippen molar-refractivity contribution < 1.29 is 13.2 Å². The van der Waals surface area contributed by atoms with Crippen molar-refractivity contribution in [2.24, 2.45) is 5.73 Å². The monoisotopic (exact) mass is 307 g/mol. The lowest BCUT2D eigenvalue weighted by atomic mass is 10.1. The number of hydrogen-bond donors (Lipinski definition) is 1. The third-order valence-electron chi connectivity index (χ3n) is 2.67. The van der Waals surface area contributed by atoms with Crippen LogP contribution in [0.2, 0.25) is 0 Å². The average Bonchev–Trinajstić information content (AvgIpc) is 2.45. The van der Waals surface area contributed by atoms with E-state index in [0.717, 1.165) is 11.6 Å². The maximum atomic E-state index is 13.6. The Morgan fingerprint density at radius 3 is 2.43 bits per heavy atom. The average molecular weight is 307 g/mol. The molecule has 0 aliphatic rings. The third-order valence-corrected chi connectivity index (χ3v) is 3.77. The first-order chi connectivity index (χ1) is 10.1. The molecule has 108 valence electrons. The summed E-state index contributed by atoms with van der Waals surface area (Å²) in [5.41, 5.74) is 6.60. The van der Waals surface area contributed by atoms with Crippen LogP contribution in [-0.4, -0.2) is 6.54 Å². The minimum absolute atomic E-state index is 0.176. The summed E-state index contributed by atoms with van der Waals surface area (Å²) in [4.78, 5) is 0.332. The topological polar surface area (TPSA) is 26.0 Å². The molecule has 0 saturated carbocycles. The van der Waals surface area contributed by atoms with Gasteiger partial charge in [0.2, 0.25) is 0 Å². The molecule has 0 atom stereocenters. The molecule has 2 N–H and O–H groups in total. The molecule has 2 rings (SSSR count). The van der Waals surface area contributed by atoms with Crippen molar-refractivity contribution in [1.82, 2.24) is 0 Å². The van der Waals surface area contributed by atoms with Crippen molar-refractivity contribution >= 4 is 11.8 Å². The summed E-state index contributed by atoms with van der Waals surface area (Å²) < 4.78 is 39.6. The Morgan fingerprint density at radius 1 is 1.00 bits per heavy atom. The van der Waals surface area contributed by atoms with Gasteiger partial charge in [-0.25, -0.2) is 13.2 Å². The van der Waals surface area contributed by atoms with Gasteiger partial charge in [-0.3, -0.25) is 0 Å². The normalized spacial score (nSPS) is 10.1. The molecule has 0 bridgehead atoms. The Balaban J connectivity index is 2.19. The van der Waals surface area contributed by atoms with Crippen molar-refractivity contribution in [2.45, 2.75) is 10.6 Å². The Labute approximate surface area is 125 Å². The second-order valence-corrected chi connectivity index (χ2v) is 5.19. The molecule has 0 aliphatic heterocycles. The number of nitrogens with two attached hydrogens (primary N) is 1. The SMILES string of the molecule is NCC#Cc1cc(F)ccc1CSc1ccc(F)cc1F. The molecule has 21 heavy (non-hydrogen) atoms. The van der Waals surface area contributed by atoms with Crippen LogP contribution in [0.4, 0.5) is 13.2 Å². The predicted octanol–water partition coefficient (Wildman–Crippen LogP) is 3.71. The fourth-order valence-corrected chi connectivity index (χ4v) is 2.61. The van der Waals surface area contributed by atoms with Crippen LogP contribution < -0.4 is 5.73 Å². The first-order valence-electron chi connectivity index (χ1n) is 6.15. The van der Waals surface area contributed by atoms with Crippen LogP contribution in [-0.2, 0) is 5.75 Å². The van der Waals surface area contributed by atoms with Crippen LogP contribution in [0.15, 0.2) is 41.3 Å². The van der Waals surface area contributed by atoms with E-state index >= 15 is 0 Å². The van der Waals surface area contributed by atoms with Crippen LogP contribution in [0.3, 0.4) is 0 Å². The van der Waals surface area contributed by atoms with E-state index in [-0.39, 0.29) is 6.54 Å². The van der Waals surface area contributed by atoms with Crippen LogP contribution in [0.1, 0.15) is 11.1 Å². The summed E-state index contributed by atoms with van der Waals surface area (Å²) in [5, 5.41) is 0. The molecule has 1 nitrogen and oxygen atoms in total. The summed E-state index contributed by atoms with van der Waals surface area (Å²) in [6, 6.07) is 7.66. The van der Waals surface area contributed by atoms with Gasteiger partial charge in [0, 0.05) is 22.3 Å². The highest BCUT2D eigenvalue weighted by Gasteiger charge is 2.07. The van der Waals surface area contributed by atoms with E-state index in [1.165, 1.54) is 36.0 Å². The lowest BCUT2D eigenvalue weighted by Crippen LogP contribution is -1.95. The molecule has 0 spiro atoms. The molecule has 0 radical (unpaired) electrons. The standard InChI is InChI=1S/C16H12F3NS/c17-13-4-3-12(11(8-13)2-1-7-20)10-21-16-6-5-14(18)9-15(16)19/h3-6,8-9H,7,10,20H2. The van der Waals surface area contributed by atoms with Gasteiger partial charge in [0.1, 0.15) is 17.5 Å². The fourth-order valence-electron chi connectivity index (χ4n) is 1.68. The van der Waals surface area contributed by atoms with E-state index in [1.807, 2.05) is 0 Å². The van der Waals surface area contributed by atoms with Gasteiger partial charge in [-0.2, -0.15) is 0 Å². The smallest absolute Gasteiger partial charge is 0.139 e. The molecular formula is C16H12F3NS. The summed E-state index contributed by atoms with van der Waals surface area (Å²) in [6.45, 7) is 0.176. The molecule has 5 heteroatoms. The Kier molecular flexibility index (Phi) is 5.32. The van der Waals surface area contributed by atoms with Crippen LogP contribution in [0.25, 0.3) is 0 Å². The Morgan fingerprint density at radius 2 is 1.71 bits per heavy atom. The van der Waals surface area contributed by atoms with Gasteiger partial charge < -0.3 is 5.73 Å². The quantitative estimate of drug-likeness (QED) is 0.691. The molecule has 0 heterocycles. The van der Waals surface area contributed by atoms with Crippen molar-refractivity contribution in [3.05, 3.63) is 65.0 Å². The molecule has 2 aromatic carbocycles. The first-order valence-corrected chi connectivity index (χ1v) is 7.14. The molecule has 0 saturated heterocycles. The Bertz CT molecular complexity index is 704. The first kappa shape index (κ1) is 15.5. The molecule has 0 aromatic heterocycles. The fraction of sp³-hybridized carbons (Fsp3) is 0.125. The lowest BCUT2D eigenvalue weighted by Gasteiger charge is -2.06. The maximum Gasteiger partial charge on any atom is 0.139 e. The highest BCUT2D eigenvalue weighted by Crippen LogP contribution is 2.27. The molecule has 0 unspecified atom stereocenters. The van der Waals surface area contributed by atoms with Gasteiger partial charge in [-0.1, -0.05) is 17.9 Å². The third kappa shape index (κ3) is 4.28. The van der Waals surface area contributed by atoms with E-state index in [9.17, 15) is 13.2 Å². The van der Waals surface area contributed by atoms with Crippen LogP contribution >= 0.6 is 11.8 Å². The lowest BCUT2D eigenvalue weighted by molar-refractivity contribution is 0.565. The number of halogens is 3. The van der Waals surface area contributed by atoms with Gasteiger partial charge in [0.15, 0.2) is 0 Å². The summed E-state index contributed by atoms with van der Waals surface area (Å²) in [7, 11) is 0. The largest absolute Gasteiger partial charge is 0.320 e. The highest BCUT2D eigenvalue weighted by molar-refractivity contribution is 7.98. The van der Waals surface area contributed by atoms with E-state index in [2.05, 4.69) is 11.8 Å². The van der Waals surface area contributed by atoms with Gasteiger partial charge >= 0.3 is 0 Å². The van der Waals surface area contributed by atoms with Gasteiger partial charge in [0.05, 0.1) is 6.54 Å². The van der Waals surface area contributed by atoms with Crippen LogP contribution in [0.5, 0.6) is 0 Å². The summed E-state index contributed by atoms with van der Waals surface area (Å²) in [6.07, 6.45) is 0. The van der Waals surface area contributed by atoms with Crippen molar-refractivity contribution in [1.29, 1.82) is 0 Å². The van der Waals surface area contributed by atoms with Crippen molar-refractivity contribution in [2.75, 3.05) is 6.54 Å². The van der Waals surface area contributed by atoms with Crippen LogP contribution in [0, 0.1) is 29.3 Å². The molecule has 0 aliphatic carbocycles. The Hall–Kier alpha value is -1.90. The van der Waals surface area contributed by atoms with Crippen molar-refractivity contribution in [3.63, 3.8) is 0 Å². The molecule has 2 aromatic rings. The summed E-state index contributed by atoms with van der Waals surface area (Å²) in [5.74, 6) is 4.24. The maximum absolute atomic E-state index is 13.6. The second-order valence-electron chi connectivity index (χ2n) is 4.17. The van der Waals surface area contributed by atoms with E-state index in [4.69, 9.17) is 5.73 Å². The minimum atomic E-state index is -0.617. The van der Waals surface area contributed by atoms with Gasteiger partial charge in [-0.05, 0) is 29.8 Å². The van der Waals surface area contributed by atoms with Gasteiger partial charge in [-0.15, -0.1) is 11.8 Å². The number of rotatable bonds is 3. The predicted molar refractivity (Wildman–Crippen MR) is 78.3 cm³/mol. The van der Waals surface area contributed by atoms with E-state index in [0.29, 0.717) is 16.2 Å². The summed E-state index contributed by atoms with van der Waals surface area (Å²) >= 11 is 1.20. The number of thioether (sulfide) groups is 1. The molecule has 0 fully saturated rings. The number of hydrogen-bond acceptors (Lipinski definition) is 2. The van der Waals surface area contributed by atoms with Gasteiger partial charge in [0.25, 0.3) is 0 Å². The van der Waals surface area contributed by atoms with E-state index in [1.54, 1.807) is 6.07 Å². The number of benzene rings is 2. The zero-order valence-corrected chi connectivity index (χ0v) is 11.8. The molecular weight excluding hydrogens is 295 g/mol. The zero-order valence-electron chi connectivity index (χ0n) is 11.0. The minimum Gasteiger partial charge on any atom is -0.320 e. The van der Waals surface area contributed by atoms with Crippen molar-refractivity contribution in [3.8, 4) is 11.8 Å².